The van der Waals surface area contributed by atoms with Crippen LogP contribution in [0, 0.1) is 5.92 Å². The number of ether oxygens (including phenoxy) is 1. The zero-order chi connectivity index (χ0) is 15.8. The number of aliphatic hydroxyl groups is 1. The quantitative estimate of drug-likeness (QED) is 0.548. The van der Waals surface area contributed by atoms with Gasteiger partial charge in [0.25, 0.3) is 0 Å². The summed E-state index contributed by atoms with van der Waals surface area (Å²) < 4.78 is 5.81. The molecule has 3 nitrogen and oxygen atoms in total. The van der Waals surface area contributed by atoms with Crippen LogP contribution in [-0.2, 0) is 12.8 Å². The van der Waals surface area contributed by atoms with Gasteiger partial charge >= 0.3 is 0 Å². The fraction of sp³-hybridized carbons (Fsp3) is 0.444. The van der Waals surface area contributed by atoms with Crippen LogP contribution in [0.3, 0.4) is 0 Å². The van der Waals surface area contributed by atoms with Crippen LogP contribution >= 0.6 is 11.3 Å². The molecule has 0 aliphatic carbocycles. The summed E-state index contributed by atoms with van der Waals surface area (Å²) in [4.78, 5) is 1.28. The Morgan fingerprint density at radius 1 is 1.14 bits per heavy atom. The van der Waals surface area contributed by atoms with Gasteiger partial charge in [0.1, 0.15) is 6.23 Å². The third-order valence-corrected chi connectivity index (χ3v) is 4.82. The Bertz CT molecular complexity index is 539. The lowest BCUT2D eigenvalue weighted by atomic mass is 10.0. The predicted octanol–water partition coefficient (Wildman–Crippen LogP) is 3.61. The lowest BCUT2D eigenvalue weighted by Crippen LogP contribution is -2.27. The number of rotatable bonds is 9. The average molecular weight is 319 g/mol. The number of benzene rings is 1. The molecule has 1 heterocycles. The van der Waals surface area contributed by atoms with Crippen LogP contribution in [0.25, 0.3) is 0 Å². The fourth-order valence-electron chi connectivity index (χ4n) is 2.20. The summed E-state index contributed by atoms with van der Waals surface area (Å²) in [6, 6.07) is 14.6. The Labute approximate surface area is 136 Å². The Morgan fingerprint density at radius 2 is 1.91 bits per heavy atom. The summed E-state index contributed by atoms with van der Waals surface area (Å²) in [6.45, 7) is 2.71. The molecule has 1 aromatic carbocycles. The summed E-state index contributed by atoms with van der Waals surface area (Å²) in [5.41, 5.74) is 6.82. The first-order chi connectivity index (χ1) is 10.6. The second-order valence-corrected chi connectivity index (χ2v) is 6.80. The maximum atomic E-state index is 9.30. The van der Waals surface area contributed by atoms with Crippen molar-refractivity contribution >= 4 is 11.3 Å². The number of aliphatic hydroxyl groups excluding tert-OH is 1. The average Bonchev–Trinajstić information content (AvgIpc) is 2.98. The van der Waals surface area contributed by atoms with Crippen molar-refractivity contribution in [2.75, 3.05) is 6.61 Å². The molecule has 2 atom stereocenters. The first kappa shape index (κ1) is 17.0. The third kappa shape index (κ3) is 5.79. The van der Waals surface area contributed by atoms with Gasteiger partial charge in [0.15, 0.2) is 5.06 Å². The van der Waals surface area contributed by atoms with Crippen molar-refractivity contribution in [2.24, 2.45) is 11.7 Å². The number of hydrogen-bond donors (Lipinski definition) is 2. The Hall–Kier alpha value is -1.36. The van der Waals surface area contributed by atoms with Crippen LogP contribution in [0.4, 0.5) is 0 Å². The van der Waals surface area contributed by atoms with Crippen LogP contribution in [0.2, 0.25) is 0 Å². The molecule has 0 fully saturated rings. The molecule has 1 aromatic heterocycles. The highest BCUT2D eigenvalue weighted by atomic mass is 32.1. The van der Waals surface area contributed by atoms with E-state index in [1.54, 1.807) is 11.3 Å². The molecule has 3 N–H and O–H groups in total. The fourth-order valence-corrected chi connectivity index (χ4v) is 3.10. The van der Waals surface area contributed by atoms with Crippen LogP contribution in [-0.4, -0.2) is 17.9 Å². The van der Waals surface area contributed by atoms with E-state index in [2.05, 4.69) is 30.3 Å². The highest BCUT2D eigenvalue weighted by Gasteiger charge is 2.10. The van der Waals surface area contributed by atoms with Gasteiger partial charge in [-0.2, -0.15) is 0 Å². The maximum Gasteiger partial charge on any atom is 0.173 e. The van der Waals surface area contributed by atoms with Gasteiger partial charge in [-0.05, 0) is 49.3 Å². The summed E-state index contributed by atoms with van der Waals surface area (Å²) in [7, 11) is 0. The lowest BCUT2D eigenvalue weighted by Gasteiger charge is -2.13. The topological polar surface area (TPSA) is 55.5 Å². The van der Waals surface area contributed by atoms with Crippen molar-refractivity contribution in [1.82, 2.24) is 0 Å². The molecule has 0 spiro atoms. The number of hydrogen-bond acceptors (Lipinski definition) is 4. The van der Waals surface area contributed by atoms with Gasteiger partial charge in [-0.25, -0.2) is 0 Å². The van der Waals surface area contributed by atoms with Crippen LogP contribution in [0.15, 0.2) is 42.5 Å². The van der Waals surface area contributed by atoms with Crippen LogP contribution < -0.4 is 10.5 Å². The standard InChI is InChI=1S/C18H25NO2S/c1-14(18(19)20)9-10-16-11-12-17(22-16)21-13-5-8-15-6-3-2-4-7-15/h2-4,6-7,11-12,14,18,20H,5,8-10,13,19H2,1H3. The summed E-state index contributed by atoms with van der Waals surface area (Å²) in [5, 5.41) is 10.3. The van der Waals surface area contributed by atoms with E-state index in [0.717, 1.165) is 37.4 Å². The Morgan fingerprint density at radius 3 is 2.64 bits per heavy atom. The molecular weight excluding hydrogens is 294 g/mol. The summed E-state index contributed by atoms with van der Waals surface area (Å²) >= 11 is 1.69. The lowest BCUT2D eigenvalue weighted by molar-refractivity contribution is 0.119. The summed E-state index contributed by atoms with van der Waals surface area (Å²) in [6.07, 6.45) is 3.17. The molecule has 0 aliphatic rings. The molecule has 2 aromatic rings. The van der Waals surface area contributed by atoms with Gasteiger partial charge in [0, 0.05) is 4.88 Å². The third-order valence-electron chi connectivity index (χ3n) is 3.76. The first-order valence-electron chi connectivity index (χ1n) is 7.84. The van der Waals surface area contributed by atoms with Crippen molar-refractivity contribution in [1.29, 1.82) is 0 Å². The van der Waals surface area contributed by atoms with Gasteiger partial charge in [-0.15, -0.1) is 11.3 Å². The van der Waals surface area contributed by atoms with E-state index in [4.69, 9.17) is 10.5 Å². The Kier molecular flexibility index (Phi) is 6.90. The SMILES string of the molecule is CC(CCc1ccc(OCCCc2ccccc2)s1)C(N)O. The minimum absolute atomic E-state index is 0.123. The number of aryl methyl sites for hydroxylation is 2. The molecule has 2 unspecified atom stereocenters. The van der Waals surface area contributed by atoms with Gasteiger partial charge < -0.3 is 15.6 Å². The highest BCUT2D eigenvalue weighted by Crippen LogP contribution is 2.26. The zero-order valence-electron chi connectivity index (χ0n) is 13.1. The molecule has 120 valence electrons. The van der Waals surface area contributed by atoms with E-state index in [-0.39, 0.29) is 5.92 Å². The molecule has 0 aliphatic heterocycles. The number of thiophene rings is 1. The zero-order valence-corrected chi connectivity index (χ0v) is 13.9. The van der Waals surface area contributed by atoms with E-state index in [1.165, 1.54) is 10.4 Å². The monoisotopic (exact) mass is 319 g/mol. The van der Waals surface area contributed by atoms with E-state index >= 15 is 0 Å². The van der Waals surface area contributed by atoms with Crippen molar-refractivity contribution in [2.45, 2.75) is 38.8 Å². The molecule has 0 saturated heterocycles. The van der Waals surface area contributed by atoms with Crippen molar-refractivity contribution in [3.8, 4) is 5.06 Å². The van der Waals surface area contributed by atoms with Crippen molar-refractivity contribution in [3.05, 3.63) is 52.9 Å². The Balaban J connectivity index is 1.66. The molecule has 2 rings (SSSR count). The van der Waals surface area contributed by atoms with E-state index in [0.29, 0.717) is 0 Å². The molecule has 22 heavy (non-hydrogen) atoms. The molecule has 0 amide bonds. The number of nitrogens with two attached hydrogens (primary N) is 1. The van der Waals surface area contributed by atoms with Gasteiger partial charge in [-0.1, -0.05) is 37.3 Å². The van der Waals surface area contributed by atoms with Crippen molar-refractivity contribution in [3.63, 3.8) is 0 Å². The van der Waals surface area contributed by atoms with E-state index < -0.39 is 6.23 Å². The molecular formula is C18H25NO2S. The van der Waals surface area contributed by atoms with E-state index in [9.17, 15) is 5.11 Å². The normalized spacial score (nSPS) is 13.8. The largest absolute Gasteiger partial charge is 0.484 e. The van der Waals surface area contributed by atoms with Gasteiger partial charge in [-0.3, -0.25) is 0 Å². The molecule has 0 bridgehead atoms. The highest BCUT2D eigenvalue weighted by molar-refractivity contribution is 7.13. The minimum atomic E-state index is -0.728. The van der Waals surface area contributed by atoms with Crippen LogP contribution in [0.5, 0.6) is 5.06 Å². The second kappa shape index (κ2) is 8.93. The first-order valence-corrected chi connectivity index (χ1v) is 8.66. The smallest absolute Gasteiger partial charge is 0.173 e. The predicted molar refractivity (Wildman–Crippen MR) is 92.3 cm³/mol. The second-order valence-electron chi connectivity index (χ2n) is 5.66. The maximum absolute atomic E-state index is 9.30. The van der Waals surface area contributed by atoms with Crippen molar-refractivity contribution < 1.29 is 9.84 Å². The minimum Gasteiger partial charge on any atom is -0.484 e. The molecule has 0 radical (unpaired) electrons. The van der Waals surface area contributed by atoms with E-state index in [1.807, 2.05) is 19.1 Å². The molecule has 0 saturated carbocycles. The summed E-state index contributed by atoms with van der Waals surface area (Å²) in [5.74, 6) is 0.123. The van der Waals surface area contributed by atoms with Gasteiger partial charge in [0.05, 0.1) is 6.61 Å². The van der Waals surface area contributed by atoms with Crippen LogP contribution in [0.1, 0.15) is 30.2 Å². The van der Waals surface area contributed by atoms with Gasteiger partial charge in [0.2, 0.25) is 0 Å². The molecule has 4 heteroatoms.